The van der Waals surface area contributed by atoms with Gasteiger partial charge in [0, 0.05) is 130 Å². The highest BCUT2D eigenvalue weighted by molar-refractivity contribution is 7.82. The minimum Gasteiger partial charge on any atom is -0.493 e. The molecule has 5 aliphatic heterocycles. The first kappa shape index (κ1) is 84.2. The highest BCUT2D eigenvalue weighted by Crippen LogP contribution is 2.43. The molecule has 5 aromatic carbocycles. The van der Waals surface area contributed by atoms with Gasteiger partial charge in [0.15, 0.2) is 46.7 Å². The van der Waals surface area contributed by atoms with Crippen LogP contribution in [0.25, 0.3) is 10.4 Å². The Morgan fingerprint density at radius 2 is 1.13 bits per heavy atom. The number of azide groups is 1. The quantitative estimate of drug-likeness (QED) is 0.00670. The van der Waals surface area contributed by atoms with E-state index in [-0.39, 0.29) is 101 Å². The summed E-state index contributed by atoms with van der Waals surface area (Å²) in [5, 5.41) is 7.48. The van der Waals surface area contributed by atoms with E-state index in [2.05, 4.69) is 22.2 Å². The summed E-state index contributed by atoms with van der Waals surface area (Å²) in [4.78, 5) is 113. The van der Waals surface area contributed by atoms with Gasteiger partial charge < -0.3 is 89.1 Å². The van der Waals surface area contributed by atoms with Crippen molar-refractivity contribution in [3.63, 3.8) is 0 Å². The predicted molar refractivity (Wildman–Crippen MR) is 419 cm³/mol. The van der Waals surface area contributed by atoms with E-state index >= 15 is 0 Å². The van der Waals surface area contributed by atoms with Crippen LogP contribution in [0.4, 0.5) is 11.4 Å². The van der Waals surface area contributed by atoms with E-state index in [1.165, 1.54) is 54.1 Å². The molecule has 1 saturated heterocycles. The Bertz CT molecular complexity index is 4870. The zero-order chi connectivity index (χ0) is 82.4. The van der Waals surface area contributed by atoms with E-state index in [1.54, 1.807) is 59.1 Å². The number of fused-ring (bicyclic) bond motifs is 6. The van der Waals surface area contributed by atoms with Gasteiger partial charge in [0.2, 0.25) is 12.4 Å². The van der Waals surface area contributed by atoms with Crippen molar-refractivity contribution >= 4 is 98.5 Å². The summed E-state index contributed by atoms with van der Waals surface area (Å²) in [6.07, 6.45) is -3.38. The molecule has 33 nitrogen and oxygen atoms in total. The van der Waals surface area contributed by atoms with Gasteiger partial charge in [0.25, 0.3) is 17.7 Å². The Kier molecular flexibility index (Phi) is 27.6. The summed E-state index contributed by atoms with van der Waals surface area (Å²) < 4.78 is 116. The van der Waals surface area contributed by atoms with Crippen molar-refractivity contribution in [2.75, 3.05) is 94.7 Å². The lowest BCUT2D eigenvalue weighted by Gasteiger charge is -2.43. The highest BCUT2D eigenvalue weighted by atomic mass is 32.3. The molecule has 0 bridgehead atoms. The van der Waals surface area contributed by atoms with Gasteiger partial charge in [0.1, 0.15) is 44.8 Å². The smallest absolute Gasteiger partial charge is 0.493 e. The molecule has 5 aliphatic rings. The third-order valence-corrected chi connectivity index (χ3v) is 21.9. The van der Waals surface area contributed by atoms with Crippen molar-refractivity contribution in [1.82, 2.24) is 14.7 Å². The Labute approximate surface area is 676 Å². The van der Waals surface area contributed by atoms with Crippen LogP contribution in [0, 0.1) is 0 Å². The van der Waals surface area contributed by atoms with Crippen LogP contribution in [0.1, 0.15) is 102 Å². The third-order valence-electron chi connectivity index (χ3n) is 19.1. The summed E-state index contributed by atoms with van der Waals surface area (Å²) in [6, 6.07) is 26.2. The number of likely N-dealkylation sites (N-methyl/N-ethyl adjacent to an activating group) is 1. The van der Waals surface area contributed by atoms with Crippen molar-refractivity contribution in [1.29, 1.82) is 0 Å². The van der Waals surface area contributed by atoms with Gasteiger partial charge in [-0.05, 0) is 123 Å². The molecule has 116 heavy (non-hydrogen) atoms. The topological polar surface area (TPSA) is 375 Å². The molecule has 2 aromatic heterocycles. The van der Waals surface area contributed by atoms with Crippen LogP contribution in [0.3, 0.4) is 0 Å². The predicted octanol–water partition coefficient (Wildman–Crippen LogP) is 9.92. The lowest BCUT2D eigenvalue weighted by atomic mass is 9.98. The zero-order valence-corrected chi connectivity index (χ0v) is 67.6. The molecule has 0 N–H and O–H groups in total. The molecule has 7 atom stereocenters. The molecule has 1 unspecified atom stereocenters. The number of amides is 3. The number of hydrogen-bond acceptors (Lipinski definition) is 29. The average Bonchev–Trinajstić information content (AvgIpc) is 1.19. The average molecular weight is 1660 g/mol. The first-order valence-corrected chi connectivity index (χ1v) is 40.1. The molecule has 3 amide bonds. The normalized spacial score (nSPS) is 18.5. The lowest BCUT2D eigenvalue weighted by Crippen LogP contribution is -2.63. The first-order chi connectivity index (χ1) is 55.7. The van der Waals surface area contributed by atoms with Crippen LogP contribution in [0.15, 0.2) is 123 Å². The van der Waals surface area contributed by atoms with Gasteiger partial charge in [-0.1, -0.05) is 5.11 Å². The number of esters is 4. The first-order valence-electron chi connectivity index (χ1n) is 37.0. The van der Waals surface area contributed by atoms with Crippen LogP contribution in [0.5, 0.6) is 40.2 Å². The Balaban J connectivity index is 0.775. The SMILES string of the molecule is COc1cc2c(cc1OCc1cc(COc3cc4c(cc3OC)C(=O)N3Cc5ccsc5C[C@H]3C=N4)cc(C[N+](C)(C)Cc3ccc(OS(=O)(=O)Oc4cc(C(=O)N(C)CCOCCOCCOCCN=[N+]=[N-])ccc4OC4O[C@H](COC(C)=O)[C@H](OC(C)=O)[C@H](OC(C)=O)[C@H]4OC(C)=O)cc3)c1)N=C[C@@H]1Cc3sccc3CN1C2=O. The van der Waals surface area contributed by atoms with Gasteiger partial charge in [-0.25, -0.2) is 0 Å². The molecule has 0 aliphatic carbocycles. The van der Waals surface area contributed by atoms with Gasteiger partial charge in [-0.15, -0.1) is 31.1 Å². The summed E-state index contributed by atoms with van der Waals surface area (Å²) in [6.45, 7) is 6.86. The molecule has 614 valence electrons. The van der Waals surface area contributed by atoms with E-state index in [9.17, 15) is 42.0 Å². The van der Waals surface area contributed by atoms with Crippen LogP contribution < -0.4 is 32.1 Å². The molecule has 7 heterocycles. The summed E-state index contributed by atoms with van der Waals surface area (Å²) in [7, 11) is 3.35. The van der Waals surface area contributed by atoms with Crippen molar-refractivity contribution in [3.05, 3.63) is 178 Å². The number of rotatable bonds is 36. The summed E-state index contributed by atoms with van der Waals surface area (Å²) in [5.41, 5.74) is 15.4. The maximum Gasteiger partial charge on any atom is 0.501 e. The monoisotopic (exact) mass is 1650 g/mol. The minimum atomic E-state index is -5.20. The standard InChI is InChI=1S/C80H88N9O24S3/c1-47(90)104-46-71-74(107-48(2)91)75(108-49(3)92)76(109-50(4)93)80(111-71)110-65-15-12-55(77(94)86(5)19-21-102-23-25-103-24-22-101-20-18-84-85-81)31-70(65)113-116(97,98)112-60-13-10-51(11-14-60)42-89(6,7)43-52-28-53(44-105-68-36-63-61(34-66(68)99-8)78(95)87-40-56-16-26-114-72(56)32-58(87)38-82-63)30-54(29-52)45-106-69-37-64-62(35-67(69)100-9)79(96)88-41-57-17-27-115-73(57)33-59(88)39-83-64/h10-17,26-31,34-39,58-59,71,74-76,80H,18-25,32-33,40-46H2,1-9H3/q+1/t58-,59-,71+,74-,75-,76+,80?/m0/s1. The number of quaternary nitrogens is 1. The Morgan fingerprint density at radius 1 is 0.603 bits per heavy atom. The van der Waals surface area contributed by atoms with Crippen molar-refractivity contribution < 1.29 is 116 Å². The number of carbonyl (C=O) groups excluding carboxylic acids is 7. The highest BCUT2D eigenvalue weighted by Gasteiger charge is 2.54. The largest absolute Gasteiger partial charge is 0.501 e. The molecule has 0 saturated carbocycles. The Hall–Kier alpha value is -11.2. The number of benzene rings is 5. The molecule has 12 rings (SSSR count). The van der Waals surface area contributed by atoms with E-state index in [0.717, 1.165) is 73.2 Å². The van der Waals surface area contributed by atoms with Gasteiger partial charge in [-0.3, -0.25) is 43.5 Å². The molecular weight excluding hydrogens is 1570 g/mol. The van der Waals surface area contributed by atoms with Crippen LogP contribution in [0.2, 0.25) is 0 Å². The number of aliphatic imine (C=N–C) groups is 2. The minimum absolute atomic E-state index is 0.0435. The van der Waals surface area contributed by atoms with E-state index in [0.29, 0.717) is 89.0 Å². The van der Waals surface area contributed by atoms with Gasteiger partial charge in [-0.2, -0.15) is 0 Å². The molecular formula is C80H88N9O24S3+. The summed E-state index contributed by atoms with van der Waals surface area (Å²) >= 11 is 3.34. The second-order valence-electron chi connectivity index (χ2n) is 28.3. The number of ether oxygens (including phenoxy) is 13. The number of nitrogens with zero attached hydrogens (tertiary/aromatic N) is 9. The van der Waals surface area contributed by atoms with Crippen molar-refractivity contribution in [2.45, 2.75) is 123 Å². The second kappa shape index (κ2) is 38.0. The zero-order valence-electron chi connectivity index (χ0n) is 65.2. The maximum absolute atomic E-state index is 14.3. The molecule has 0 spiro atoms. The molecule has 36 heteroatoms. The third kappa shape index (κ3) is 21.5. The molecule has 1 fully saturated rings. The molecule has 7 aromatic rings. The molecule has 0 radical (unpaired) electrons. The van der Waals surface area contributed by atoms with E-state index in [4.69, 9.17) is 85.5 Å². The second-order valence-corrected chi connectivity index (χ2v) is 31.5. The van der Waals surface area contributed by atoms with Crippen LogP contribution in [-0.2, 0) is 120 Å². The fourth-order valence-electron chi connectivity index (χ4n) is 13.9. The number of carbonyl (C=O) groups is 7. The lowest BCUT2D eigenvalue weighted by molar-refractivity contribution is -0.916. The van der Waals surface area contributed by atoms with E-state index in [1.807, 2.05) is 65.3 Å². The van der Waals surface area contributed by atoms with Gasteiger partial charge >= 0.3 is 34.3 Å². The van der Waals surface area contributed by atoms with E-state index < -0.39 is 89.0 Å². The Morgan fingerprint density at radius 3 is 1.67 bits per heavy atom. The van der Waals surface area contributed by atoms with Crippen molar-refractivity contribution in [3.8, 4) is 40.2 Å². The fraction of sp³-hybridized carbons (Fsp3) is 0.412. The van der Waals surface area contributed by atoms with Gasteiger partial charge in [0.05, 0.1) is 103 Å². The number of methoxy groups -OCH3 is 2. The number of hydrogen-bond donors (Lipinski definition) is 0. The van der Waals surface area contributed by atoms with Crippen LogP contribution in [-0.4, -0.2) is 219 Å². The number of thiophene rings is 2. The van der Waals surface area contributed by atoms with Crippen LogP contribution >= 0.6 is 22.7 Å². The summed E-state index contributed by atoms with van der Waals surface area (Å²) in [5.74, 6) is -4.40. The maximum atomic E-state index is 14.3. The fourth-order valence-corrected chi connectivity index (χ4v) is 16.5. The van der Waals surface area contributed by atoms with Crippen molar-refractivity contribution in [2.24, 2.45) is 15.1 Å².